The van der Waals surface area contributed by atoms with Crippen LogP contribution in [0.4, 0.5) is 23.7 Å². The van der Waals surface area contributed by atoms with Gasteiger partial charge in [0.15, 0.2) is 0 Å². The van der Waals surface area contributed by atoms with Crippen LogP contribution < -0.4 is 4.90 Å². The molecule has 0 fully saturated rings. The third kappa shape index (κ3) is 4.92. The topological polar surface area (TPSA) is 64.4 Å². The predicted octanol–water partition coefficient (Wildman–Crippen LogP) is 7.49. The summed E-state index contributed by atoms with van der Waals surface area (Å²) in [6.07, 6.45) is -3.70. The van der Waals surface area contributed by atoms with Gasteiger partial charge in [0, 0.05) is 16.8 Å². The second-order valence-electron chi connectivity index (χ2n) is 10.3. The Labute approximate surface area is 223 Å². The summed E-state index contributed by atoms with van der Waals surface area (Å²) in [5.74, 6) is -0.486. The number of hydrogen-bond donors (Lipinski definition) is 0. The third-order valence-corrected chi connectivity index (χ3v) is 6.46. The molecule has 4 aromatic rings. The highest BCUT2D eigenvalue weighted by atomic mass is 19.4. The molecule has 0 saturated heterocycles. The number of fused-ring (bicyclic) bond motifs is 1. The first-order valence-electron chi connectivity index (χ1n) is 12.3. The van der Waals surface area contributed by atoms with Crippen molar-refractivity contribution in [2.75, 3.05) is 4.90 Å². The molecule has 0 radical (unpaired) electrons. The van der Waals surface area contributed by atoms with Crippen LogP contribution in [0.1, 0.15) is 48.0 Å². The van der Waals surface area contributed by atoms with Gasteiger partial charge < -0.3 is 9.64 Å². The van der Waals surface area contributed by atoms with E-state index in [-0.39, 0.29) is 17.7 Å². The summed E-state index contributed by atoms with van der Waals surface area (Å²) in [6.45, 7) is 6.96. The van der Waals surface area contributed by atoms with Crippen molar-refractivity contribution in [1.29, 1.82) is 0 Å². The summed E-state index contributed by atoms with van der Waals surface area (Å²) < 4.78 is 47.8. The van der Waals surface area contributed by atoms with Gasteiger partial charge in [-0.1, -0.05) is 42.5 Å². The average molecular weight is 534 g/mol. The van der Waals surface area contributed by atoms with E-state index < -0.39 is 29.3 Å². The first-order valence-corrected chi connectivity index (χ1v) is 12.3. The maximum atomic E-state index is 13.6. The Hall–Kier alpha value is -4.40. The second-order valence-corrected chi connectivity index (χ2v) is 10.3. The molecule has 200 valence electrons. The molecular formula is C30H26F3N3O3. The Morgan fingerprint density at radius 2 is 1.59 bits per heavy atom. The third-order valence-electron chi connectivity index (χ3n) is 6.46. The number of benzene rings is 3. The van der Waals surface area contributed by atoms with Crippen LogP contribution in [0.5, 0.6) is 0 Å². The largest absolute Gasteiger partial charge is 0.443 e. The molecular weight excluding hydrogens is 507 g/mol. The van der Waals surface area contributed by atoms with Gasteiger partial charge in [-0.15, -0.1) is 0 Å². The smallest absolute Gasteiger partial charge is 0.420 e. The Balaban J connectivity index is 1.55. The molecule has 6 nitrogen and oxygen atoms in total. The van der Waals surface area contributed by atoms with Gasteiger partial charge in [-0.25, -0.2) is 14.3 Å². The minimum absolute atomic E-state index is 0.0299. The van der Waals surface area contributed by atoms with Crippen LogP contribution in [-0.4, -0.2) is 27.2 Å². The number of alkyl halides is 3. The van der Waals surface area contributed by atoms with Gasteiger partial charge >= 0.3 is 12.3 Å². The van der Waals surface area contributed by atoms with Gasteiger partial charge in [0.25, 0.3) is 5.91 Å². The van der Waals surface area contributed by atoms with Crippen molar-refractivity contribution in [3.05, 3.63) is 95.4 Å². The molecule has 5 rings (SSSR count). The molecule has 0 atom stereocenters. The van der Waals surface area contributed by atoms with Gasteiger partial charge in [-0.05, 0) is 68.7 Å². The van der Waals surface area contributed by atoms with Gasteiger partial charge in [-0.3, -0.25) is 4.79 Å². The van der Waals surface area contributed by atoms with Crippen molar-refractivity contribution in [1.82, 2.24) is 9.55 Å². The molecule has 0 aliphatic carbocycles. The lowest BCUT2D eigenvalue weighted by Crippen LogP contribution is -2.27. The molecule has 0 spiro atoms. The predicted molar refractivity (Wildman–Crippen MR) is 141 cm³/mol. The Morgan fingerprint density at radius 3 is 2.28 bits per heavy atom. The van der Waals surface area contributed by atoms with E-state index in [4.69, 9.17) is 4.74 Å². The van der Waals surface area contributed by atoms with E-state index in [1.165, 1.54) is 27.9 Å². The zero-order valence-corrected chi connectivity index (χ0v) is 21.8. The number of imidazole rings is 1. The fraction of sp³-hybridized carbons (Fsp3) is 0.233. The Bertz CT molecular complexity index is 1600. The molecule has 1 aliphatic heterocycles. The van der Waals surface area contributed by atoms with Gasteiger partial charge in [0.1, 0.15) is 11.9 Å². The van der Waals surface area contributed by atoms with Crippen molar-refractivity contribution in [2.24, 2.45) is 0 Å². The molecule has 2 heterocycles. The van der Waals surface area contributed by atoms with E-state index in [1.54, 1.807) is 45.9 Å². The zero-order valence-electron chi connectivity index (χ0n) is 21.8. The van der Waals surface area contributed by atoms with Crippen molar-refractivity contribution in [3.63, 3.8) is 0 Å². The monoisotopic (exact) mass is 533 g/mol. The van der Waals surface area contributed by atoms with Crippen LogP contribution in [0.3, 0.4) is 0 Å². The number of anilines is 1. The van der Waals surface area contributed by atoms with E-state index in [9.17, 15) is 22.8 Å². The summed E-state index contributed by atoms with van der Waals surface area (Å²) in [6, 6.07) is 18.2. The van der Waals surface area contributed by atoms with Crippen molar-refractivity contribution < 1.29 is 27.5 Å². The maximum Gasteiger partial charge on any atom is 0.420 e. The van der Waals surface area contributed by atoms with Gasteiger partial charge in [-0.2, -0.15) is 13.2 Å². The minimum Gasteiger partial charge on any atom is -0.443 e. The van der Waals surface area contributed by atoms with E-state index in [0.717, 1.165) is 17.2 Å². The number of ether oxygens (including phenoxy) is 1. The van der Waals surface area contributed by atoms with Gasteiger partial charge in [0.2, 0.25) is 0 Å². The first-order chi connectivity index (χ1) is 18.3. The van der Waals surface area contributed by atoms with Crippen LogP contribution in [0.15, 0.2) is 73.1 Å². The number of carbonyl (C=O) groups excluding carboxylic acids is 2. The minimum atomic E-state index is -4.56. The number of halogens is 3. The fourth-order valence-electron chi connectivity index (χ4n) is 4.80. The quantitative estimate of drug-likeness (QED) is 0.274. The summed E-state index contributed by atoms with van der Waals surface area (Å²) >= 11 is 0. The lowest BCUT2D eigenvalue weighted by molar-refractivity contribution is -0.138. The van der Waals surface area contributed by atoms with E-state index >= 15 is 0 Å². The zero-order chi connectivity index (χ0) is 28.1. The molecule has 0 saturated carbocycles. The van der Waals surface area contributed by atoms with Crippen LogP contribution in [0, 0.1) is 6.92 Å². The summed E-state index contributed by atoms with van der Waals surface area (Å²) in [4.78, 5) is 31.8. The van der Waals surface area contributed by atoms with E-state index in [2.05, 4.69) is 4.98 Å². The lowest BCUT2D eigenvalue weighted by atomic mass is 9.96. The molecule has 3 aromatic carbocycles. The fourth-order valence-corrected chi connectivity index (χ4v) is 4.80. The highest BCUT2D eigenvalue weighted by molar-refractivity contribution is 6.10. The molecule has 0 N–H and O–H groups in total. The van der Waals surface area contributed by atoms with Crippen LogP contribution in [0.25, 0.3) is 22.4 Å². The highest BCUT2D eigenvalue weighted by Gasteiger charge is 2.39. The van der Waals surface area contributed by atoms with Crippen LogP contribution in [0.2, 0.25) is 0 Å². The Morgan fingerprint density at radius 1 is 0.923 bits per heavy atom. The average Bonchev–Trinajstić information content (AvgIpc) is 3.42. The molecule has 9 heteroatoms. The summed E-state index contributed by atoms with van der Waals surface area (Å²) in [7, 11) is 0. The number of nitrogens with zero attached hydrogens (tertiary/aromatic N) is 3. The number of aromatic nitrogens is 2. The number of amides is 1. The molecule has 0 bridgehead atoms. The Kier molecular flexibility index (Phi) is 6.33. The highest BCUT2D eigenvalue weighted by Crippen LogP contribution is 2.40. The number of aryl methyl sites for hydroxylation is 1. The normalized spacial score (nSPS) is 13.5. The standard InChI is InChI=1S/C30H26F3N3O3/c1-18-26(36(17-34-18)28(38)39-29(2,3)4)22-12-6-5-11-21(22)19-9-7-10-20(15-19)35-16-24-23(27(35)37)13-8-14-25(24)30(31,32)33/h5-15,17H,16H2,1-4H3. The molecule has 1 amide bonds. The van der Waals surface area contributed by atoms with Gasteiger partial charge in [0.05, 0.1) is 23.5 Å². The lowest BCUT2D eigenvalue weighted by Gasteiger charge is -2.21. The molecule has 1 aromatic heterocycles. The maximum absolute atomic E-state index is 13.6. The van der Waals surface area contributed by atoms with Crippen molar-refractivity contribution in [3.8, 4) is 22.4 Å². The number of carbonyl (C=O) groups is 2. The van der Waals surface area contributed by atoms with Crippen molar-refractivity contribution >= 4 is 17.7 Å². The number of rotatable bonds is 3. The van der Waals surface area contributed by atoms with Crippen molar-refractivity contribution in [2.45, 2.75) is 46.0 Å². The molecule has 1 aliphatic rings. The SMILES string of the molecule is Cc1ncn(C(=O)OC(C)(C)C)c1-c1ccccc1-c1cccc(N2Cc3c(cccc3C(F)(F)F)C2=O)c1. The summed E-state index contributed by atoms with van der Waals surface area (Å²) in [5, 5.41) is 0. The molecule has 0 unspecified atom stereocenters. The second kappa shape index (κ2) is 9.41. The number of hydrogen-bond acceptors (Lipinski definition) is 4. The summed E-state index contributed by atoms with van der Waals surface area (Å²) in [5.41, 5.74) is 2.35. The van der Waals surface area contributed by atoms with E-state index in [1.807, 2.05) is 30.3 Å². The van der Waals surface area contributed by atoms with Crippen LogP contribution >= 0.6 is 0 Å². The molecule has 39 heavy (non-hydrogen) atoms. The van der Waals surface area contributed by atoms with Crippen LogP contribution in [-0.2, 0) is 17.5 Å². The van der Waals surface area contributed by atoms with E-state index in [0.29, 0.717) is 22.6 Å². The first kappa shape index (κ1) is 26.2.